The van der Waals surface area contributed by atoms with Crippen LogP contribution in [-0.4, -0.2) is 43.6 Å². The zero-order valence-corrected chi connectivity index (χ0v) is 33.8. The quantitative estimate of drug-likeness (QED) is 0.0418. The smallest absolute Gasteiger partial charge is 0.124 e. The fourth-order valence-corrected chi connectivity index (χ4v) is 7.46. The Hall–Kier alpha value is -0.910. The van der Waals surface area contributed by atoms with Crippen molar-refractivity contribution in [2.24, 2.45) is 0 Å². The Bertz CT molecular complexity index is 858. The van der Waals surface area contributed by atoms with E-state index in [1.807, 2.05) is 6.92 Å². The standard InChI is InChI=1S/C36H76N.C7H8O3S/c1-5-9-13-17-21-22-23-24-28-32-36-37(33-29-25-18-14-10-6-2,34-30-26-19-15-11-7-3)35-31-27-20-16-12-8-4;1-6-2-4-7(5-3-6)11(8,9)10/h5-36H2,1-4H3;2-5H,1H3,(H,8,9,10)/q+1;/p-1. The summed E-state index contributed by atoms with van der Waals surface area (Å²) in [6.45, 7) is 17.1. The van der Waals surface area contributed by atoms with Gasteiger partial charge in [0.25, 0.3) is 0 Å². The van der Waals surface area contributed by atoms with Crippen LogP contribution in [0.5, 0.6) is 0 Å². The highest BCUT2D eigenvalue weighted by molar-refractivity contribution is 7.85. The van der Waals surface area contributed by atoms with Crippen molar-refractivity contribution in [3.8, 4) is 0 Å². The Morgan fingerprint density at radius 2 is 0.646 bits per heavy atom. The normalized spacial score (nSPS) is 11.9. The van der Waals surface area contributed by atoms with Gasteiger partial charge in [-0.1, -0.05) is 174 Å². The maximum absolute atomic E-state index is 10.4. The number of benzene rings is 1. The van der Waals surface area contributed by atoms with Crippen molar-refractivity contribution in [3.63, 3.8) is 0 Å². The third-order valence-corrected chi connectivity index (χ3v) is 11.1. The lowest BCUT2D eigenvalue weighted by atomic mass is 10.0. The first kappa shape index (κ1) is 47.1. The van der Waals surface area contributed by atoms with Crippen molar-refractivity contribution >= 4 is 10.1 Å². The van der Waals surface area contributed by atoms with Crippen LogP contribution >= 0.6 is 0 Å². The first-order valence-corrected chi connectivity index (χ1v) is 22.5. The van der Waals surface area contributed by atoms with Crippen LogP contribution < -0.4 is 0 Å². The van der Waals surface area contributed by atoms with Crippen molar-refractivity contribution in [3.05, 3.63) is 29.8 Å². The van der Waals surface area contributed by atoms with E-state index in [0.717, 1.165) is 5.56 Å². The van der Waals surface area contributed by atoms with E-state index in [-0.39, 0.29) is 4.90 Å². The van der Waals surface area contributed by atoms with E-state index in [9.17, 15) is 13.0 Å². The SMILES string of the molecule is CCCCCCCCCCCC[N+](CCCCCCCC)(CCCCCCCC)CCCCCCCC.Cc1ccc(S(=O)(=O)[O-])cc1. The van der Waals surface area contributed by atoms with Crippen molar-refractivity contribution in [2.75, 3.05) is 26.2 Å². The third-order valence-electron chi connectivity index (χ3n) is 10.3. The van der Waals surface area contributed by atoms with Gasteiger partial charge in [0, 0.05) is 0 Å². The zero-order valence-electron chi connectivity index (χ0n) is 33.0. The van der Waals surface area contributed by atoms with Crippen molar-refractivity contribution in [1.29, 1.82) is 0 Å². The third kappa shape index (κ3) is 28.9. The molecule has 0 spiro atoms. The minimum Gasteiger partial charge on any atom is -0.744 e. The molecule has 0 atom stereocenters. The summed E-state index contributed by atoms with van der Waals surface area (Å²) in [5, 5.41) is 0. The van der Waals surface area contributed by atoms with E-state index in [1.165, 1.54) is 223 Å². The van der Waals surface area contributed by atoms with Gasteiger partial charge in [0.2, 0.25) is 0 Å². The number of aryl methyl sites for hydroxylation is 1. The molecule has 284 valence electrons. The van der Waals surface area contributed by atoms with Gasteiger partial charge < -0.3 is 9.04 Å². The molecule has 0 heterocycles. The second-order valence-corrected chi connectivity index (χ2v) is 16.4. The average molecular weight is 694 g/mol. The molecule has 0 fully saturated rings. The summed E-state index contributed by atoms with van der Waals surface area (Å²) in [5.41, 5.74) is 0.928. The van der Waals surface area contributed by atoms with E-state index in [4.69, 9.17) is 0 Å². The lowest BCUT2D eigenvalue weighted by molar-refractivity contribution is -0.929. The number of quaternary nitrogens is 1. The van der Waals surface area contributed by atoms with Gasteiger partial charge in [-0.2, -0.15) is 0 Å². The molecule has 1 aromatic rings. The molecule has 4 nitrogen and oxygen atoms in total. The van der Waals surface area contributed by atoms with E-state index in [0.29, 0.717) is 0 Å². The van der Waals surface area contributed by atoms with Gasteiger partial charge >= 0.3 is 0 Å². The Kier molecular flexibility index (Phi) is 32.6. The number of hydrogen-bond donors (Lipinski definition) is 0. The van der Waals surface area contributed by atoms with Crippen LogP contribution in [-0.2, 0) is 10.1 Å². The van der Waals surface area contributed by atoms with E-state index < -0.39 is 10.1 Å². The first-order valence-electron chi connectivity index (χ1n) is 21.1. The van der Waals surface area contributed by atoms with Crippen LogP contribution in [0.2, 0.25) is 0 Å². The fraction of sp³-hybridized carbons (Fsp3) is 0.860. The van der Waals surface area contributed by atoms with E-state index >= 15 is 0 Å². The zero-order chi connectivity index (χ0) is 35.6. The maximum atomic E-state index is 10.4. The molecule has 0 aliphatic heterocycles. The minimum atomic E-state index is -4.27. The van der Waals surface area contributed by atoms with Crippen molar-refractivity contribution in [1.82, 2.24) is 0 Å². The van der Waals surface area contributed by atoms with Crippen molar-refractivity contribution in [2.45, 2.75) is 219 Å². The second kappa shape index (κ2) is 33.2. The molecule has 0 amide bonds. The van der Waals surface area contributed by atoms with Crippen molar-refractivity contribution < 1.29 is 17.5 Å². The number of hydrogen-bond acceptors (Lipinski definition) is 3. The fourth-order valence-electron chi connectivity index (χ4n) is 6.99. The Balaban J connectivity index is 0.00000168. The maximum Gasteiger partial charge on any atom is 0.124 e. The highest BCUT2D eigenvalue weighted by Gasteiger charge is 2.25. The molecule has 48 heavy (non-hydrogen) atoms. The second-order valence-electron chi connectivity index (χ2n) is 15.0. The predicted molar refractivity (Wildman–Crippen MR) is 211 cm³/mol. The Morgan fingerprint density at radius 1 is 0.417 bits per heavy atom. The topological polar surface area (TPSA) is 57.2 Å². The Morgan fingerprint density at radius 3 is 0.875 bits per heavy atom. The summed E-state index contributed by atoms with van der Waals surface area (Å²) in [4.78, 5) is -0.178. The van der Waals surface area contributed by atoms with Crippen LogP contribution in [0.15, 0.2) is 29.2 Å². The number of unbranched alkanes of at least 4 members (excludes halogenated alkanes) is 24. The highest BCUT2D eigenvalue weighted by Crippen LogP contribution is 2.21. The molecule has 0 aromatic heterocycles. The van der Waals surface area contributed by atoms with Gasteiger partial charge in [-0.3, -0.25) is 0 Å². The molecule has 5 heteroatoms. The van der Waals surface area contributed by atoms with E-state index in [2.05, 4.69) is 27.7 Å². The van der Waals surface area contributed by atoms with Gasteiger partial charge in [0.1, 0.15) is 10.1 Å². The molecule has 0 aliphatic carbocycles. The molecule has 0 aliphatic rings. The van der Waals surface area contributed by atoms with Crippen LogP contribution in [0.1, 0.15) is 213 Å². The molecule has 0 unspecified atom stereocenters. The molecular weight excluding hydrogens is 611 g/mol. The average Bonchev–Trinajstić information content (AvgIpc) is 3.07. The van der Waals surface area contributed by atoms with Gasteiger partial charge in [-0.25, -0.2) is 8.42 Å². The summed E-state index contributed by atoms with van der Waals surface area (Å²) in [6, 6.07) is 5.78. The lowest BCUT2D eigenvalue weighted by Crippen LogP contribution is -2.50. The van der Waals surface area contributed by atoms with Crippen LogP contribution in [0.4, 0.5) is 0 Å². The summed E-state index contributed by atoms with van der Waals surface area (Å²) in [7, 11) is -4.27. The lowest BCUT2D eigenvalue weighted by Gasteiger charge is -2.40. The van der Waals surface area contributed by atoms with Gasteiger partial charge in [-0.15, -0.1) is 0 Å². The molecule has 0 saturated carbocycles. The molecule has 0 bridgehead atoms. The van der Waals surface area contributed by atoms with Crippen LogP contribution in [0.25, 0.3) is 0 Å². The summed E-state index contributed by atoms with van der Waals surface area (Å²) < 4.78 is 32.6. The molecule has 0 saturated heterocycles. The summed E-state index contributed by atoms with van der Waals surface area (Å²) >= 11 is 0. The predicted octanol–water partition coefficient (Wildman–Crippen LogP) is 13.7. The van der Waals surface area contributed by atoms with Crippen LogP contribution in [0, 0.1) is 6.92 Å². The van der Waals surface area contributed by atoms with E-state index in [1.54, 1.807) is 12.1 Å². The molecule has 0 radical (unpaired) electrons. The summed E-state index contributed by atoms with van der Waals surface area (Å²) in [5.74, 6) is 0. The monoisotopic (exact) mass is 694 g/mol. The Labute approximate surface area is 302 Å². The largest absolute Gasteiger partial charge is 0.744 e. The first-order chi connectivity index (χ1) is 23.2. The molecule has 1 rings (SSSR count). The molecule has 1 aromatic carbocycles. The number of nitrogens with zero attached hydrogens (tertiary/aromatic N) is 1. The molecule has 0 N–H and O–H groups in total. The van der Waals surface area contributed by atoms with Crippen LogP contribution in [0.3, 0.4) is 0 Å². The van der Waals surface area contributed by atoms with Gasteiger partial charge in [0.05, 0.1) is 31.1 Å². The van der Waals surface area contributed by atoms with Gasteiger partial charge in [-0.05, 0) is 70.4 Å². The minimum absolute atomic E-state index is 0.178. The van der Waals surface area contributed by atoms with Gasteiger partial charge in [0.15, 0.2) is 0 Å². The summed E-state index contributed by atoms with van der Waals surface area (Å²) in [6.07, 6.45) is 40.7. The highest BCUT2D eigenvalue weighted by atomic mass is 32.2. The number of rotatable bonds is 33. The molecular formula is C43H83NO3S.